The van der Waals surface area contributed by atoms with Crippen molar-refractivity contribution in [3.63, 3.8) is 0 Å². The predicted molar refractivity (Wildman–Crippen MR) is 31.1 cm³/mol. The Kier molecular flexibility index (Phi) is 6.17. The van der Waals surface area contributed by atoms with Gasteiger partial charge in [-0.05, 0) is 0 Å². The van der Waals surface area contributed by atoms with Crippen LogP contribution in [0.15, 0.2) is 0 Å². The van der Waals surface area contributed by atoms with Crippen LogP contribution in [0.4, 0.5) is 0 Å². The van der Waals surface area contributed by atoms with Crippen LogP contribution in [0.1, 0.15) is 0 Å². The summed E-state index contributed by atoms with van der Waals surface area (Å²) in [6.07, 6.45) is 0. The van der Waals surface area contributed by atoms with Gasteiger partial charge in [-0.1, -0.05) is 0 Å². The molecule has 0 aliphatic rings. The van der Waals surface area contributed by atoms with Gasteiger partial charge in [-0.2, -0.15) is 4.31 Å². The first-order valence-corrected chi connectivity index (χ1v) is 4.85. The van der Waals surface area contributed by atoms with Gasteiger partial charge in [0.1, 0.15) is 0 Å². The van der Waals surface area contributed by atoms with Crippen molar-refractivity contribution in [3.05, 3.63) is 0 Å². The van der Waals surface area contributed by atoms with Gasteiger partial charge in [-0.25, -0.2) is 15.0 Å². The average Bonchev–Trinajstić information content (AvgIpc) is 1.60. The van der Waals surface area contributed by atoms with Gasteiger partial charge in [0.15, 0.2) is 0 Å². The number of rotatable bonds is 2. The largest absolute Gasteiger partial charge is 0.478 e. The Hall–Kier alpha value is 0.180. The summed E-state index contributed by atoms with van der Waals surface area (Å²) in [5.41, 5.74) is 0. The molecule has 0 rings (SSSR count). The summed E-state index contributed by atoms with van der Waals surface area (Å²) in [7, 11) is -10.1. The summed E-state index contributed by atoms with van der Waals surface area (Å²) >= 11 is 0. The lowest BCUT2D eigenvalue weighted by atomic mass is 13.6. The highest BCUT2D eigenvalue weighted by Crippen LogP contribution is 2.53. The quantitative estimate of drug-likeness (QED) is 0.235. The lowest BCUT2D eigenvalue weighted by molar-refractivity contribution is 0.225. The molecule has 0 aromatic heterocycles. The minimum absolute atomic E-state index is 2.96. The molecule has 11 heteroatoms. The Labute approximate surface area is 60.9 Å². The van der Waals surface area contributed by atoms with Gasteiger partial charge in [0.2, 0.25) is 0 Å². The number of hydrogen-bond donors (Lipinski definition) is 6. The molecule has 11 heavy (non-hydrogen) atoms. The van der Waals surface area contributed by atoms with Gasteiger partial charge in [-0.3, -0.25) is 0 Å². The predicted octanol–water partition coefficient (Wildman–Crippen LogP) is -1.48. The van der Waals surface area contributed by atoms with Crippen molar-refractivity contribution >= 4 is 15.6 Å². The number of phosphoric acid groups is 2. The third kappa shape index (κ3) is 17.8. The molecule has 70 valence electrons. The van der Waals surface area contributed by atoms with Crippen molar-refractivity contribution in [1.29, 1.82) is 0 Å². The molecular formula is H7NO8P2. The fourth-order valence-corrected chi connectivity index (χ4v) is 1.25. The van der Waals surface area contributed by atoms with Crippen LogP contribution in [0.5, 0.6) is 0 Å². The highest BCUT2D eigenvalue weighted by Gasteiger charge is 2.27. The zero-order valence-electron chi connectivity index (χ0n) is 4.93. The second-order valence-corrected chi connectivity index (χ2v) is 3.68. The fraction of sp³-hybridized carbons (Fsp3) is 0. The molecule has 0 aromatic carbocycles. The summed E-state index contributed by atoms with van der Waals surface area (Å²) in [6, 6.07) is 0. The fourth-order valence-electron chi connectivity index (χ4n) is 0.139. The second-order valence-electron chi connectivity index (χ2n) is 1.06. The lowest BCUT2D eigenvalue weighted by Crippen LogP contribution is -1.84. The van der Waals surface area contributed by atoms with E-state index in [-0.39, 0.29) is 0 Å². The van der Waals surface area contributed by atoms with Crippen LogP contribution in [-0.2, 0) is 13.4 Å². The van der Waals surface area contributed by atoms with Crippen LogP contribution in [0.25, 0.3) is 0 Å². The normalized spacial score (nSPS) is 11.8. The van der Waals surface area contributed by atoms with Gasteiger partial charge in [0, 0.05) is 0 Å². The summed E-state index contributed by atoms with van der Waals surface area (Å²) < 4.78 is 22.2. The van der Waals surface area contributed by atoms with Gasteiger partial charge in [-0.15, -0.1) is 0 Å². The van der Waals surface area contributed by atoms with Crippen molar-refractivity contribution < 1.29 is 38.2 Å². The highest BCUT2D eigenvalue weighted by molar-refractivity contribution is 7.60. The van der Waals surface area contributed by atoms with E-state index in [0.29, 0.717) is 0 Å². The SMILES string of the molecule is NO.O=P(O)(O)OP(=O)(O)O. The number of nitrogens with two attached hydrogens (primary N) is 1. The first-order valence-electron chi connectivity index (χ1n) is 1.79. The lowest BCUT2D eigenvalue weighted by Gasteiger charge is -2.03. The molecule has 0 saturated heterocycles. The van der Waals surface area contributed by atoms with E-state index in [2.05, 4.69) is 10.2 Å². The van der Waals surface area contributed by atoms with E-state index in [0.717, 1.165) is 0 Å². The zero-order valence-corrected chi connectivity index (χ0v) is 6.72. The number of hydrogen-bond acceptors (Lipinski definition) is 5. The van der Waals surface area contributed by atoms with Crippen LogP contribution in [0.3, 0.4) is 0 Å². The maximum atomic E-state index is 9.63. The van der Waals surface area contributed by atoms with E-state index in [4.69, 9.17) is 24.8 Å². The van der Waals surface area contributed by atoms with Crippen LogP contribution in [-0.4, -0.2) is 24.8 Å². The summed E-state index contributed by atoms with van der Waals surface area (Å²) in [5, 5.41) is 6.50. The maximum Gasteiger partial charge on any atom is 0.478 e. The first kappa shape index (κ1) is 13.7. The summed E-state index contributed by atoms with van der Waals surface area (Å²) in [5.74, 6) is 3.50. The Balaban J connectivity index is 0. The monoisotopic (exact) mass is 211 g/mol. The Morgan fingerprint density at radius 3 is 1.09 bits per heavy atom. The Bertz CT molecular complexity index is 153. The molecule has 0 aromatic rings. The van der Waals surface area contributed by atoms with E-state index in [1.54, 1.807) is 0 Å². The molecule has 0 spiro atoms. The molecular weight excluding hydrogens is 204 g/mol. The molecule has 0 unspecified atom stereocenters. The molecule has 0 saturated carbocycles. The minimum Gasteiger partial charge on any atom is -0.320 e. The molecule has 9 nitrogen and oxygen atoms in total. The van der Waals surface area contributed by atoms with E-state index in [9.17, 15) is 9.13 Å². The molecule has 0 aliphatic heterocycles. The van der Waals surface area contributed by atoms with Crippen molar-refractivity contribution in [2.75, 3.05) is 0 Å². The standard InChI is InChI=1S/H3NO.H4O7P2/c1-2;1-8(2,3)7-9(4,5)6/h2H,1H2;(H2,1,2,3)(H2,4,5,6). The first-order chi connectivity index (χ1) is 4.71. The summed E-state index contributed by atoms with van der Waals surface area (Å²) in [6.45, 7) is 0. The van der Waals surface area contributed by atoms with Gasteiger partial charge < -0.3 is 24.8 Å². The third-order valence-electron chi connectivity index (χ3n) is 0.213. The van der Waals surface area contributed by atoms with Gasteiger partial charge in [0.25, 0.3) is 0 Å². The van der Waals surface area contributed by atoms with Crippen LogP contribution >= 0.6 is 15.6 Å². The Morgan fingerprint density at radius 1 is 0.909 bits per heavy atom. The van der Waals surface area contributed by atoms with E-state index in [1.807, 2.05) is 0 Å². The van der Waals surface area contributed by atoms with Crippen LogP contribution in [0, 0.1) is 0 Å². The van der Waals surface area contributed by atoms with Crippen molar-refractivity contribution in [3.8, 4) is 0 Å². The molecule has 0 atom stereocenters. The molecule has 0 fully saturated rings. The maximum absolute atomic E-state index is 9.63. The van der Waals surface area contributed by atoms with E-state index >= 15 is 0 Å². The van der Waals surface area contributed by atoms with E-state index in [1.165, 1.54) is 0 Å². The third-order valence-corrected chi connectivity index (χ3v) is 1.91. The van der Waals surface area contributed by atoms with Gasteiger partial charge in [0.05, 0.1) is 0 Å². The summed E-state index contributed by atoms with van der Waals surface area (Å²) in [4.78, 5) is 31.0. The minimum atomic E-state index is -5.05. The Morgan fingerprint density at radius 2 is 1.09 bits per heavy atom. The molecule has 0 radical (unpaired) electrons. The average molecular weight is 211 g/mol. The molecule has 7 N–H and O–H groups in total. The molecule has 0 amide bonds. The molecule has 0 heterocycles. The van der Waals surface area contributed by atoms with Crippen molar-refractivity contribution in [2.24, 2.45) is 5.90 Å². The highest BCUT2D eigenvalue weighted by atomic mass is 31.3. The van der Waals surface area contributed by atoms with Gasteiger partial charge >= 0.3 is 15.6 Å². The van der Waals surface area contributed by atoms with Crippen LogP contribution < -0.4 is 5.90 Å². The topological polar surface area (TPSA) is 171 Å². The van der Waals surface area contributed by atoms with Crippen LogP contribution in [0.2, 0.25) is 0 Å². The molecule has 0 aliphatic carbocycles. The second kappa shape index (κ2) is 4.94. The zero-order chi connectivity index (χ0) is 9.71. The van der Waals surface area contributed by atoms with Crippen molar-refractivity contribution in [1.82, 2.24) is 0 Å². The van der Waals surface area contributed by atoms with E-state index < -0.39 is 15.6 Å². The molecule has 0 bridgehead atoms. The smallest absolute Gasteiger partial charge is 0.320 e. The van der Waals surface area contributed by atoms with Crippen molar-refractivity contribution in [2.45, 2.75) is 0 Å².